The van der Waals surface area contributed by atoms with Crippen LogP contribution in [-0.2, 0) is 5.41 Å². The van der Waals surface area contributed by atoms with Crippen LogP contribution in [0, 0.1) is 0 Å². The molecule has 0 unspecified atom stereocenters. The first kappa shape index (κ1) is 21.8. The molecular weight excluding hydrogens is 448 g/mol. The molecule has 0 saturated heterocycles. The van der Waals surface area contributed by atoms with E-state index < -0.39 is 5.41 Å². The highest BCUT2D eigenvalue weighted by molar-refractivity contribution is 5.96. The smallest absolute Gasteiger partial charge is 0.120 e. The van der Waals surface area contributed by atoms with Crippen LogP contribution in [0.3, 0.4) is 0 Å². The number of benzene rings is 6. The van der Waals surface area contributed by atoms with E-state index in [4.69, 9.17) is 0 Å². The second kappa shape index (κ2) is 7.92. The van der Waals surface area contributed by atoms with Crippen LogP contribution in [0.4, 0.5) is 0 Å². The average molecular weight is 473 g/mol. The van der Waals surface area contributed by atoms with Gasteiger partial charge >= 0.3 is 0 Å². The zero-order valence-corrected chi connectivity index (χ0v) is 19.6. The van der Waals surface area contributed by atoms with E-state index in [1.54, 1.807) is 36.4 Å². The quantitative estimate of drug-likeness (QED) is 0.203. The number of phenols is 4. The maximum Gasteiger partial charge on any atom is 0.120 e. The van der Waals surface area contributed by atoms with E-state index in [0.29, 0.717) is 21.9 Å². The Labute approximate surface area is 207 Å². The van der Waals surface area contributed by atoms with E-state index in [1.165, 1.54) is 0 Å². The van der Waals surface area contributed by atoms with Crippen LogP contribution in [0.25, 0.3) is 32.3 Å². The van der Waals surface area contributed by atoms with Gasteiger partial charge in [-0.2, -0.15) is 0 Å². The van der Waals surface area contributed by atoms with Crippen molar-refractivity contribution < 1.29 is 20.4 Å². The second-order valence-electron chi connectivity index (χ2n) is 9.42. The fourth-order valence-corrected chi connectivity index (χ4v) is 5.56. The first-order chi connectivity index (χ1) is 17.4. The van der Waals surface area contributed by atoms with Crippen LogP contribution >= 0.6 is 0 Å². The summed E-state index contributed by atoms with van der Waals surface area (Å²) in [7, 11) is 0. The van der Waals surface area contributed by atoms with Crippen molar-refractivity contribution in [1.29, 1.82) is 0 Å². The summed E-state index contributed by atoms with van der Waals surface area (Å²) in [6.07, 6.45) is 0. The lowest BCUT2D eigenvalue weighted by atomic mass is 9.67. The van der Waals surface area contributed by atoms with Gasteiger partial charge in [0.15, 0.2) is 0 Å². The van der Waals surface area contributed by atoms with E-state index in [1.807, 2.05) is 67.6 Å². The Morgan fingerprint density at radius 1 is 0.472 bits per heavy atom. The Balaban J connectivity index is 1.83. The molecule has 0 aliphatic carbocycles. The lowest BCUT2D eigenvalue weighted by Gasteiger charge is -2.35. The molecule has 0 radical (unpaired) electrons. The van der Waals surface area contributed by atoms with Gasteiger partial charge in [-0.25, -0.2) is 0 Å². The third-order valence-electron chi connectivity index (χ3n) is 7.29. The molecule has 6 aromatic rings. The molecule has 4 N–H and O–H groups in total. The summed E-state index contributed by atoms with van der Waals surface area (Å²) in [6, 6.07) is 31.2. The number of fused-ring (bicyclic) bond motifs is 3. The summed E-state index contributed by atoms with van der Waals surface area (Å²) in [6.45, 7) is 1.97. The van der Waals surface area contributed by atoms with Crippen LogP contribution in [0.1, 0.15) is 23.6 Å². The molecule has 0 aliphatic rings. The van der Waals surface area contributed by atoms with E-state index in [-0.39, 0.29) is 23.0 Å². The summed E-state index contributed by atoms with van der Waals surface area (Å²) in [5, 5.41) is 48.7. The molecule has 0 spiro atoms. The highest BCUT2D eigenvalue weighted by Gasteiger charge is 2.39. The van der Waals surface area contributed by atoms with Crippen molar-refractivity contribution in [2.24, 2.45) is 0 Å². The molecule has 0 aliphatic heterocycles. The molecular formula is C32H24O4. The van der Waals surface area contributed by atoms with Crippen LogP contribution in [0.5, 0.6) is 23.0 Å². The van der Waals surface area contributed by atoms with Gasteiger partial charge in [0, 0.05) is 11.1 Å². The predicted molar refractivity (Wildman–Crippen MR) is 144 cm³/mol. The SMILES string of the molecule is CC(c1ccc2ccccc2c1)(c1c(O)ccc2ccc(O)cc12)c1c(O)ccc2ccc(O)cc12. The topological polar surface area (TPSA) is 80.9 Å². The molecule has 4 heteroatoms. The standard InChI is InChI=1S/C32H24O4/c1-32(23-11-6-19-4-2-3-5-22(19)16-23,30-26-17-24(33)12-7-20(26)9-14-28(30)35)31-27-18-25(34)13-8-21(27)10-15-29(31)36/h2-18,33-36H,1H3. The van der Waals surface area contributed by atoms with Crippen molar-refractivity contribution in [2.75, 3.05) is 0 Å². The number of phenolic OH excluding ortho intramolecular Hbond substituents is 4. The van der Waals surface area contributed by atoms with Gasteiger partial charge in [0.2, 0.25) is 0 Å². The highest BCUT2D eigenvalue weighted by Crippen LogP contribution is 2.51. The van der Waals surface area contributed by atoms with Crippen molar-refractivity contribution >= 4 is 32.3 Å². The Morgan fingerprint density at radius 3 is 1.50 bits per heavy atom. The molecule has 176 valence electrons. The van der Waals surface area contributed by atoms with Crippen molar-refractivity contribution in [2.45, 2.75) is 12.3 Å². The lowest BCUT2D eigenvalue weighted by molar-refractivity contribution is 0.445. The summed E-state index contributed by atoms with van der Waals surface area (Å²) >= 11 is 0. The monoisotopic (exact) mass is 472 g/mol. The Morgan fingerprint density at radius 2 is 0.944 bits per heavy atom. The molecule has 0 atom stereocenters. The molecule has 0 amide bonds. The van der Waals surface area contributed by atoms with E-state index in [9.17, 15) is 20.4 Å². The molecule has 6 aromatic carbocycles. The van der Waals surface area contributed by atoms with Gasteiger partial charge in [-0.3, -0.25) is 0 Å². The highest BCUT2D eigenvalue weighted by atomic mass is 16.3. The van der Waals surface area contributed by atoms with Gasteiger partial charge in [-0.05, 0) is 87.3 Å². The largest absolute Gasteiger partial charge is 0.508 e. The Hall–Kier alpha value is -4.70. The van der Waals surface area contributed by atoms with E-state index in [2.05, 4.69) is 6.07 Å². The molecule has 4 nitrogen and oxygen atoms in total. The number of hydrogen-bond donors (Lipinski definition) is 4. The van der Waals surface area contributed by atoms with Crippen molar-refractivity contribution in [3.8, 4) is 23.0 Å². The molecule has 6 rings (SSSR count). The summed E-state index contributed by atoms with van der Waals surface area (Å²) in [4.78, 5) is 0. The molecule has 0 saturated carbocycles. The number of aromatic hydroxyl groups is 4. The number of rotatable bonds is 3. The van der Waals surface area contributed by atoms with Crippen LogP contribution in [0.15, 0.2) is 103 Å². The minimum atomic E-state index is -1.07. The fraction of sp³-hybridized carbons (Fsp3) is 0.0625. The third-order valence-corrected chi connectivity index (χ3v) is 7.29. The molecule has 0 heterocycles. The minimum Gasteiger partial charge on any atom is -0.508 e. The minimum absolute atomic E-state index is 0.0420. The van der Waals surface area contributed by atoms with Crippen molar-refractivity contribution in [3.05, 3.63) is 120 Å². The normalized spacial score (nSPS) is 11.9. The molecule has 0 aromatic heterocycles. The van der Waals surface area contributed by atoms with E-state index >= 15 is 0 Å². The summed E-state index contributed by atoms with van der Waals surface area (Å²) in [5.41, 5.74) is 0.881. The van der Waals surface area contributed by atoms with Gasteiger partial charge in [-0.1, -0.05) is 60.7 Å². The molecule has 0 fully saturated rings. The van der Waals surface area contributed by atoms with E-state index in [0.717, 1.165) is 27.1 Å². The van der Waals surface area contributed by atoms with Gasteiger partial charge in [-0.15, -0.1) is 0 Å². The first-order valence-corrected chi connectivity index (χ1v) is 11.8. The Kier molecular flexibility index (Phi) is 4.80. The van der Waals surface area contributed by atoms with Gasteiger partial charge in [0.25, 0.3) is 0 Å². The zero-order valence-electron chi connectivity index (χ0n) is 19.6. The van der Waals surface area contributed by atoms with Crippen LogP contribution < -0.4 is 0 Å². The van der Waals surface area contributed by atoms with Gasteiger partial charge in [0.05, 0.1) is 5.41 Å². The van der Waals surface area contributed by atoms with Gasteiger partial charge < -0.3 is 20.4 Å². The maximum absolute atomic E-state index is 11.4. The average Bonchev–Trinajstić information content (AvgIpc) is 2.87. The van der Waals surface area contributed by atoms with Crippen molar-refractivity contribution in [1.82, 2.24) is 0 Å². The molecule has 0 bridgehead atoms. The Bertz CT molecular complexity index is 1700. The van der Waals surface area contributed by atoms with Crippen LogP contribution in [-0.4, -0.2) is 20.4 Å². The second-order valence-corrected chi connectivity index (χ2v) is 9.42. The zero-order chi connectivity index (χ0) is 25.0. The summed E-state index contributed by atoms with van der Waals surface area (Å²) < 4.78 is 0. The third kappa shape index (κ3) is 3.23. The summed E-state index contributed by atoms with van der Waals surface area (Å²) in [5.74, 6) is 0.241. The number of hydrogen-bond acceptors (Lipinski definition) is 4. The predicted octanol–water partition coefficient (Wildman–Crippen LogP) is 7.32. The van der Waals surface area contributed by atoms with Crippen molar-refractivity contribution in [3.63, 3.8) is 0 Å². The maximum atomic E-state index is 11.4. The fourth-order valence-electron chi connectivity index (χ4n) is 5.56. The first-order valence-electron chi connectivity index (χ1n) is 11.8. The van der Waals surface area contributed by atoms with Crippen LogP contribution in [0.2, 0.25) is 0 Å². The van der Waals surface area contributed by atoms with Gasteiger partial charge in [0.1, 0.15) is 23.0 Å². The lowest BCUT2D eigenvalue weighted by Crippen LogP contribution is -2.26. The molecule has 36 heavy (non-hydrogen) atoms.